The maximum atomic E-state index is 3.99. The molecule has 1 aliphatic carbocycles. The van der Waals surface area contributed by atoms with Crippen LogP contribution in [0.1, 0.15) is 17.0 Å². The molecule has 0 heterocycles. The van der Waals surface area contributed by atoms with E-state index in [4.69, 9.17) is 0 Å². The van der Waals surface area contributed by atoms with Crippen molar-refractivity contribution in [2.45, 2.75) is 5.92 Å². The average molecular weight is 136 g/mol. The smallest absolute Gasteiger partial charge is 0.332 e. The quantitative estimate of drug-likeness (QED) is 0.337. The van der Waals surface area contributed by atoms with E-state index in [2.05, 4.69) is 43.3 Å². The Morgan fingerprint density at radius 3 is 2.64 bits per heavy atom. The first kappa shape index (κ1) is 8.65. The average Bonchev–Trinajstić information content (AvgIpc) is 2.34. The zero-order chi connectivity index (χ0) is 6.97. The topological polar surface area (TPSA) is 0 Å². The van der Waals surface area contributed by atoms with Crippen molar-refractivity contribution in [2.24, 2.45) is 0 Å². The Bertz CT molecular complexity index is 276. The van der Waals surface area contributed by atoms with E-state index in [1.165, 1.54) is 11.1 Å². The molecule has 0 fully saturated rings. The molecule has 1 atom stereocenters. The summed E-state index contributed by atoms with van der Waals surface area (Å²) in [7, 11) is 0. The predicted molar refractivity (Wildman–Crippen MR) is 43.6 cm³/mol. The van der Waals surface area contributed by atoms with Gasteiger partial charge in [-0.25, -0.2) is 0 Å². The van der Waals surface area contributed by atoms with Crippen LogP contribution in [0.4, 0.5) is 0 Å². The first-order valence-electron chi connectivity index (χ1n) is 3.48. The van der Waals surface area contributed by atoms with Crippen molar-refractivity contribution in [1.82, 2.24) is 0 Å². The van der Waals surface area contributed by atoms with E-state index >= 15 is 0 Å². The van der Waals surface area contributed by atoms with Crippen molar-refractivity contribution in [3.63, 3.8) is 0 Å². The second kappa shape index (κ2) is 3.30. The van der Waals surface area contributed by atoms with E-state index in [0.29, 0.717) is 5.92 Å². The normalized spacial score (nSPS) is 19.2. The van der Waals surface area contributed by atoms with E-state index < -0.39 is 0 Å². The van der Waals surface area contributed by atoms with Crippen LogP contribution in [-0.4, -0.2) is 0 Å². The zero-order valence-corrected chi connectivity index (χ0v) is 6.75. The van der Waals surface area contributed by atoms with Gasteiger partial charge in [-0.3, -0.25) is 0 Å². The van der Waals surface area contributed by atoms with Crippen molar-refractivity contribution in [2.75, 3.05) is 0 Å². The fourth-order valence-electron chi connectivity index (χ4n) is 1.32. The van der Waals surface area contributed by atoms with E-state index in [9.17, 15) is 0 Å². The molecule has 0 spiro atoms. The van der Waals surface area contributed by atoms with Crippen molar-refractivity contribution in [3.8, 4) is 0 Å². The Hall–Kier alpha value is -0.443. The van der Waals surface area contributed by atoms with Gasteiger partial charge in [0, 0.05) is 0 Å². The summed E-state index contributed by atoms with van der Waals surface area (Å²) in [5.74, 6) is 0.371. The monoisotopic (exact) mass is 136 g/mol. The molecule has 0 aliphatic heterocycles. The molecule has 0 N–H and O–H groups in total. The molecule has 1 unspecified atom stereocenters. The largest absolute Gasteiger partial charge is 1.00 e. The summed E-state index contributed by atoms with van der Waals surface area (Å²) in [5, 5.41) is 0. The van der Waals surface area contributed by atoms with Crippen LogP contribution >= 0.6 is 0 Å². The minimum atomic E-state index is 0. The van der Waals surface area contributed by atoms with Crippen molar-refractivity contribution < 1.29 is 18.9 Å². The van der Waals surface area contributed by atoms with Gasteiger partial charge in [-0.05, 0) is 5.56 Å². The molecular formula is C10H9Li. The van der Waals surface area contributed by atoms with Gasteiger partial charge in [0.1, 0.15) is 0 Å². The van der Waals surface area contributed by atoms with Gasteiger partial charge in [0.25, 0.3) is 0 Å². The molecule has 0 saturated carbocycles. The van der Waals surface area contributed by atoms with Gasteiger partial charge in [0.2, 0.25) is 0 Å². The fourth-order valence-corrected chi connectivity index (χ4v) is 1.32. The van der Waals surface area contributed by atoms with Crippen LogP contribution in [0.25, 0.3) is 6.08 Å². The molecule has 0 radical (unpaired) electrons. The SMILES string of the molecule is [CH2-]C1C=Cc2ccccc21.[Li+]. The van der Waals surface area contributed by atoms with Crippen LogP contribution < -0.4 is 18.9 Å². The van der Waals surface area contributed by atoms with Gasteiger partial charge in [-0.1, -0.05) is 35.9 Å². The maximum absolute atomic E-state index is 3.99. The Morgan fingerprint density at radius 2 is 1.91 bits per heavy atom. The molecule has 0 saturated heterocycles. The maximum Gasteiger partial charge on any atom is 1.00 e. The van der Waals surface area contributed by atoms with Crippen molar-refractivity contribution >= 4 is 6.08 Å². The molecule has 2 rings (SSSR count). The number of hydrogen-bond donors (Lipinski definition) is 0. The summed E-state index contributed by atoms with van der Waals surface area (Å²) in [6, 6.07) is 8.37. The van der Waals surface area contributed by atoms with Gasteiger partial charge in [-0.2, -0.15) is 0 Å². The molecule has 0 aromatic heterocycles. The van der Waals surface area contributed by atoms with Gasteiger partial charge < -0.3 is 6.92 Å². The molecule has 1 heteroatoms. The van der Waals surface area contributed by atoms with Crippen LogP contribution in [-0.2, 0) is 0 Å². The molecule has 0 amide bonds. The Labute approximate surface area is 79.5 Å². The summed E-state index contributed by atoms with van der Waals surface area (Å²) in [5.41, 5.74) is 2.67. The van der Waals surface area contributed by atoms with E-state index in [1.807, 2.05) is 0 Å². The van der Waals surface area contributed by atoms with Gasteiger partial charge in [0.15, 0.2) is 0 Å². The van der Waals surface area contributed by atoms with Crippen LogP contribution in [0.3, 0.4) is 0 Å². The zero-order valence-electron chi connectivity index (χ0n) is 6.75. The Kier molecular flexibility index (Phi) is 2.60. The van der Waals surface area contributed by atoms with E-state index in [-0.39, 0.29) is 18.9 Å². The number of allylic oxidation sites excluding steroid dienone is 1. The Balaban J connectivity index is 0.000000605. The van der Waals surface area contributed by atoms with Crippen molar-refractivity contribution in [1.29, 1.82) is 0 Å². The minimum Gasteiger partial charge on any atom is -0.332 e. The van der Waals surface area contributed by atoms with E-state index in [1.54, 1.807) is 0 Å². The number of rotatable bonds is 0. The van der Waals surface area contributed by atoms with Gasteiger partial charge in [-0.15, -0.1) is 12.0 Å². The first-order chi connectivity index (χ1) is 4.88. The second-order valence-corrected chi connectivity index (χ2v) is 2.59. The van der Waals surface area contributed by atoms with Crippen LogP contribution in [0.15, 0.2) is 30.3 Å². The molecule has 1 aromatic carbocycles. The third-order valence-electron chi connectivity index (χ3n) is 1.90. The number of benzene rings is 1. The first-order valence-corrected chi connectivity index (χ1v) is 3.48. The summed E-state index contributed by atoms with van der Waals surface area (Å²) in [4.78, 5) is 0. The Morgan fingerprint density at radius 1 is 1.18 bits per heavy atom. The van der Waals surface area contributed by atoms with Crippen molar-refractivity contribution in [3.05, 3.63) is 48.4 Å². The van der Waals surface area contributed by atoms with Crippen LogP contribution in [0, 0.1) is 6.92 Å². The molecule has 1 aromatic rings. The van der Waals surface area contributed by atoms with Gasteiger partial charge >= 0.3 is 18.9 Å². The van der Waals surface area contributed by atoms with Gasteiger partial charge in [0.05, 0.1) is 0 Å². The summed E-state index contributed by atoms with van der Waals surface area (Å²) in [6.07, 6.45) is 4.26. The molecule has 50 valence electrons. The molecule has 11 heavy (non-hydrogen) atoms. The summed E-state index contributed by atoms with van der Waals surface area (Å²) >= 11 is 0. The standard InChI is InChI=1S/C10H9.Li/c1-8-6-7-9-4-2-3-5-10(8)9;/h2-8H,1H2;/q-1;+1. The molecule has 0 nitrogen and oxygen atoms in total. The van der Waals surface area contributed by atoms with Crippen LogP contribution in [0.2, 0.25) is 0 Å². The van der Waals surface area contributed by atoms with Crippen LogP contribution in [0.5, 0.6) is 0 Å². The number of hydrogen-bond acceptors (Lipinski definition) is 0. The van der Waals surface area contributed by atoms with E-state index in [0.717, 1.165) is 0 Å². The number of fused-ring (bicyclic) bond motifs is 1. The molecular weight excluding hydrogens is 127 g/mol. The summed E-state index contributed by atoms with van der Waals surface area (Å²) < 4.78 is 0. The fraction of sp³-hybridized carbons (Fsp3) is 0.100. The third-order valence-corrected chi connectivity index (χ3v) is 1.90. The predicted octanol–water partition coefficient (Wildman–Crippen LogP) is -0.365. The minimum absolute atomic E-state index is 0. The molecule has 0 bridgehead atoms. The molecule has 1 aliphatic rings. The second-order valence-electron chi connectivity index (χ2n) is 2.59. The summed E-state index contributed by atoms with van der Waals surface area (Å²) in [6.45, 7) is 3.99. The third kappa shape index (κ3) is 1.43.